The first-order valence-corrected chi connectivity index (χ1v) is 13.3. The lowest BCUT2D eigenvalue weighted by molar-refractivity contribution is -0.147. The van der Waals surface area contributed by atoms with Crippen LogP contribution in [-0.4, -0.2) is 35.8 Å². The van der Waals surface area contributed by atoms with Crippen LogP contribution in [0.15, 0.2) is 52.1 Å². The van der Waals surface area contributed by atoms with Crippen molar-refractivity contribution in [3.8, 4) is 21.3 Å². The van der Waals surface area contributed by atoms with Crippen molar-refractivity contribution in [3.05, 3.63) is 48.5 Å². The summed E-state index contributed by atoms with van der Waals surface area (Å²) in [6.45, 7) is 0.775. The first-order chi connectivity index (χ1) is 16.6. The molecule has 1 fully saturated rings. The van der Waals surface area contributed by atoms with Gasteiger partial charge in [0.15, 0.2) is 5.01 Å². The Hall–Kier alpha value is -2.83. The number of hydrogen-bond donors (Lipinski definition) is 1. The van der Waals surface area contributed by atoms with E-state index in [1.807, 2.05) is 0 Å². The van der Waals surface area contributed by atoms with Crippen LogP contribution in [0.2, 0.25) is 0 Å². The van der Waals surface area contributed by atoms with Crippen LogP contribution in [0.3, 0.4) is 0 Å². The minimum atomic E-state index is -4.70. The Kier molecular flexibility index (Phi) is 6.14. The number of thiazole rings is 1. The van der Waals surface area contributed by atoms with E-state index in [0.29, 0.717) is 27.6 Å². The van der Waals surface area contributed by atoms with Crippen molar-refractivity contribution in [2.45, 2.75) is 49.7 Å². The van der Waals surface area contributed by atoms with Crippen LogP contribution >= 0.6 is 11.3 Å². The molecule has 0 aliphatic heterocycles. The Labute approximate surface area is 203 Å². The molecular formula is C23H21F3N4O3S2. The van der Waals surface area contributed by atoms with Gasteiger partial charge in [-0.25, -0.2) is 13.4 Å². The third kappa shape index (κ3) is 4.69. The van der Waals surface area contributed by atoms with Crippen molar-refractivity contribution in [2.24, 2.45) is 5.92 Å². The van der Waals surface area contributed by atoms with Crippen molar-refractivity contribution in [3.63, 3.8) is 0 Å². The van der Waals surface area contributed by atoms with Crippen LogP contribution in [0.1, 0.15) is 31.9 Å². The molecule has 1 atom stereocenters. The van der Waals surface area contributed by atoms with Crippen LogP contribution in [0.25, 0.3) is 32.1 Å². The van der Waals surface area contributed by atoms with Gasteiger partial charge in [-0.1, -0.05) is 49.6 Å². The van der Waals surface area contributed by atoms with Crippen LogP contribution in [0.4, 0.5) is 13.2 Å². The Morgan fingerprint density at radius 3 is 2.54 bits per heavy atom. The summed E-state index contributed by atoms with van der Waals surface area (Å²) < 4.78 is 72.1. The Balaban J connectivity index is 1.62. The maximum Gasteiger partial charge on any atom is 0.404 e. The Morgan fingerprint density at radius 1 is 1.17 bits per heavy atom. The maximum atomic E-state index is 13.0. The molecule has 1 aliphatic rings. The second-order valence-electron chi connectivity index (χ2n) is 8.58. The van der Waals surface area contributed by atoms with Crippen LogP contribution in [0.5, 0.6) is 0 Å². The molecule has 7 nitrogen and oxygen atoms in total. The smallest absolute Gasteiger partial charge is 0.404 e. The summed E-state index contributed by atoms with van der Waals surface area (Å²) in [5, 5.41) is 9.17. The second-order valence-corrected chi connectivity index (χ2v) is 11.3. The Morgan fingerprint density at radius 2 is 1.91 bits per heavy atom. The first kappa shape index (κ1) is 23.9. The molecule has 0 amide bonds. The molecule has 35 heavy (non-hydrogen) atoms. The number of fused-ring (bicyclic) bond motifs is 1. The summed E-state index contributed by atoms with van der Waals surface area (Å²) in [4.78, 5) is 5.40. The zero-order valence-electron chi connectivity index (χ0n) is 18.5. The number of rotatable bonds is 7. The molecule has 1 saturated carbocycles. The van der Waals surface area contributed by atoms with Gasteiger partial charge in [0.05, 0.1) is 15.5 Å². The molecule has 0 spiro atoms. The largest absolute Gasteiger partial charge is 0.422 e. The topological polar surface area (TPSA) is 98.0 Å². The highest BCUT2D eigenvalue weighted by Crippen LogP contribution is 2.42. The highest BCUT2D eigenvalue weighted by atomic mass is 32.2. The molecule has 2 aromatic carbocycles. The summed E-state index contributed by atoms with van der Waals surface area (Å²) in [6.07, 6.45) is 0.708. The fourth-order valence-electron chi connectivity index (χ4n) is 4.10. The molecule has 2 aromatic heterocycles. The lowest BCUT2D eigenvalue weighted by Crippen LogP contribution is -2.43. The maximum absolute atomic E-state index is 13.0. The van der Waals surface area contributed by atoms with Gasteiger partial charge >= 0.3 is 6.18 Å². The van der Waals surface area contributed by atoms with Gasteiger partial charge in [0.2, 0.25) is 16.4 Å². The van der Waals surface area contributed by atoms with Crippen molar-refractivity contribution in [1.82, 2.24) is 19.9 Å². The molecule has 184 valence electrons. The molecule has 1 unspecified atom stereocenters. The van der Waals surface area contributed by atoms with E-state index in [4.69, 9.17) is 9.40 Å². The van der Waals surface area contributed by atoms with Crippen LogP contribution in [0, 0.1) is 5.92 Å². The minimum Gasteiger partial charge on any atom is -0.422 e. The van der Waals surface area contributed by atoms with Crippen LogP contribution < -0.4 is 4.72 Å². The van der Waals surface area contributed by atoms with Gasteiger partial charge in [-0.15, -0.1) is 21.5 Å². The van der Waals surface area contributed by atoms with E-state index in [2.05, 4.69) is 10.2 Å². The summed E-state index contributed by atoms with van der Waals surface area (Å²) in [5.41, 5.74) is 1.61. The number of benzene rings is 2. The first-order valence-electron chi connectivity index (χ1n) is 11.0. The normalized spacial score (nSPS) is 15.9. The van der Waals surface area contributed by atoms with Gasteiger partial charge in [-0.05, 0) is 30.7 Å². The molecular weight excluding hydrogens is 501 g/mol. The third-order valence-corrected chi connectivity index (χ3v) is 8.91. The number of nitrogens with one attached hydrogen (secondary N) is 1. The number of sulfonamides is 1. The van der Waals surface area contributed by atoms with Crippen molar-refractivity contribution >= 4 is 32.1 Å². The minimum absolute atomic E-state index is 0.213. The van der Waals surface area contributed by atoms with Crippen molar-refractivity contribution < 1.29 is 26.0 Å². The van der Waals surface area contributed by atoms with E-state index in [0.717, 1.165) is 42.3 Å². The SMILES string of the molecule is CC(NS(=O)(=O)c1ccc(-c2sc(-c3nnco3)nc2CC2CCC2)c2ccccc12)C(F)(F)F. The number of halogens is 3. The van der Waals surface area contributed by atoms with Crippen molar-refractivity contribution in [2.75, 3.05) is 0 Å². The number of hydrogen-bond acceptors (Lipinski definition) is 7. The van der Waals surface area contributed by atoms with Gasteiger partial charge in [0.25, 0.3) is 5.89 Å². The predicted molar refractivity (Wildman–Crippen MR) is 125 cm³/mol. The molecule has 1 N–H and O–H groups in total. The van der Waals surface area contributed by atoms with E-state index in [1.165, 1.54) is 30.2 Å². The average Bonchev–Trinajstić information content (AvgIpc) is 3.44. The molecule has 5 rings (SSSR count). The molecule has 0 radical (unpaired) electrons. The third-order valence-electron chi connectivity index (χ3n) is 6.19. The van der Waals surface area contributed by atoms with Gasteiger partial charge in [-0.2, -0.15) is 17.9 Å². The lowest BCUT2D eigenvalue weighted by atomic mass is 9.81. The van der Waals surface area contributed by atoms with Crippen LogP contribution in [-0.2, 0) is 16.4 Å². The highest BCUT2D eigenvalue weighted by molar-refractivity contribution is 7.89. The van der Waals surface area contributed by atoms with E-state index < -0.39 is 22.2 Å². The summed E-state index contributed by atoms with van der Waals surface area (Å²) in [7, 11) is -4.44. The highest BCUT2D eigenvalue weighted by Gasteiger charge is 2.39. The van der Waals surface area contributed by atoms with Gasteiger partial charge in [0.1, 0.15) is 6.04 Å². The summed E-state index contributed by atoms with van der Waals surface area (Å²) in [6, 6.07) is 7.53. The standard InChI is InChI=1S/C23H21F3N4O3S2/c1-13(23(24,25)26)30-35(31,32)19-10-9-17(15-7-2-3-8-16(15)19)20-18(11-14-5-4-6-14)28-22(34-20)21-29-27-12-33-21/h2-3,7-10,12-14,30H,4-6,11H2,1H3. The van der Waals surface area contributed by atoms with E-state index in [1.54, 1.807) is 35.1 Å². The summed E-state index contributed by atoms with van der Waals surface area (Å²) in [5.74, 6) is 0.815. The molecule has 12 heteroatoms. The average molecular weight is 523 g/mol. The van der Waals surface area contributed by atoms with Crippen molar-refractivity contribution in [1.29, 1.82) is 0 Å². The quantitative estimate of drug-likeness (QED) is 0.340. The summed E-state index contributed by atoms with van der Waals surface area (Å²) >= 11 is 1.37. The predicted octanol–water partition coefficient (Wildman–Crippen LogP) is 5.59. The zero-order chi connectivity index (χ0) is 24.8. The van der Waals surface area contributed by atoms with Gasteiger partial charge in [0, 0.05) is 10.9 Å². The monoisotopic (exact) mass is 522 g/mol. The lowest BCUT2D eigenvalue weighted by Gasteiger charge is -2.24. The Bertz CT molecular complexity index is 1460. The zero-order valence-corrected chi connectivity index (χ0v) is 20.2. The number of aromatic nitrogens is 3. The van der Waals surface area contributed by atoms with E-state index in [9.17, 15) is 21.6 Å². The van der Waals surface area contributed by atoms with Gasteiger partial charge < -0.3 is 4.42 Å². The molecule has 4 aromatic rings. The molecule has 2 heterocycles. The number of alkyl halides is 3. The second kappa shape index (κ2) is 8.99. The van der Waals surface area contributed by atoms with E-state index in [-0.39, 0.29) is 4.90 Å². The fourth-order valence-corrected chi connectivity index (χ4v) is 6.60. The number of nitrogens with zero attached hydrogens (tertiary/aromatic N) is 3. The van der Waals surface area contributed by atoms with Gasteiger partial charge in [-0.3, -0.25) is 0 Å². The molecule has 0 bridgehead atoms. The van der Waals surface area contributed by atoms with E-state index >= 15 is 0 Å². The fraction of sp³-hybridized carbons (Fsp3) is 0.348. The molecule has 1 aliphatic carbocycles. The molecule has 0 saturated heterocycles.